The summed E-state index contributed by atoms with van der Waals surface area (Å²) in [7, 11) is -3.49. The van der Waals surface area contributed by atoms with E-state index in [0.29, 0.717) is 23.9 Å². The summed E-state index contributed by atoms with van der Waals surface area (Å²) >= 11 is 0. The molecule has 1 aliphatic rings. The molecule has 0 aliphatic carbocycles. The fourth-order valence-corrected chi connectivity index (χ4v) is 4.98. The average molecular weight is 333 g/mol. The number of hydrogen-bond acceptors (Lipinski definition) is 4. The van der Waals surface area contributed by atoms with Gasteiger partial charge in [-0.05, 0) is 44.7 Å². The minimum Gasteiger partial charge on any atom is -0.325 e. The van der Waals surface area contributed by atoms with Crippen molar-refractivity contribution in [3.63, 3.8) is 0 Å². The molecule has 2 aromatic rings. The number of piperidine rings is 1. The molecule has 0 saturated carbocycles. The van der Waals surface area contributed by atoms with E-state index in [9.17, 15) is 8.42 Å². The molecule has 0 radical (unpaired) electrons. The van der Waals surface area contributed by atoms with Gasteiger partial charge in [-0.2, -0.15) is 4.31 Å². The zero-order chi connectivity index (χ0) is 16.7. The van der Waals surface area contributed by atoms with E-state index in [1.807, 2.05) is 19.9 Å². The van der Waals surface area contributed by atoms with Gasteiger partial charge in [0.25, 0.3) is 0 Å². The highest BCUT2D eigenvalue weighted by Crippen LogP contribution is 2.31. The second-order valence-corrected chi connectivity index (χ2v) is 8.76. The van der Waals surface area contributed by atoms with Gasteiger partial charge in [-0.3, -0.25) is 4.98 Å². The number of nitrogens with two attached hydrogens (primary N) is 1. The summed E-state index contributed by atoms with van der Waals surface area (Å²) in [4.78, 5) is 4.43. The Morgan fingerprint density at radius 3 is 2.57 bits per heavy atom. The predicted octanol–water partition coefficient (Wildman–Crippen LogP) is 2.37. The van der Waals surface area contributed by atoms with Crippen molar-refractivity contribution in [1.82, 2.24) is 9.29 Å². The van der Waals surface area contributed by atoms with Crippen molar-refractivity contribution in [2.24, 2.45) is 11.7 Å². The molecule has 2 heterocycles. The molecule has 1 aliphatic heterocycles. The molecule has 0 bridgehead atoms. The van der Waals surface area contributed by atoms with Gasteiger partial charge in [-0.1, -0.05) is 12.1 Å². The van der Waals surface area contributed by atoms with Crippen LogP contribution in [-0.4, -0.2) is 36.3 Å². The molecular formula is C17H23N3O2S. The second kappa shape index (κ2) is 5.85. The molecule has 0 amide bonds. The van der Waals surface area contributed by atoms with Gasteiger partial charge in [0.05, 0.1) is 4.90 Å². The molecule has 6 heteroatoms. The Hall–Kier alpha value is -1.50. The van der Waals surface area contributed by atoms with Crippen LogP contribution in [0, 0.1) is 5.92 Å². The van der Waals surface area contributed by atoms with Gasteiger partial charge in [-0.25, -0.2) is 8.42 Å². The number of sulfonamides is 1. The molecule has 23 heavy (non-hydrogen) atoms. The maximum atomic E-state index is 13.0. The van der Waals surface area contributed by atoms with E-state index in [2.05, 4.69) is 4.98 Å². The van der Waals surface area contributed by atoms with Gasteiger partial charge in [-0.15, -0.1) is 0 Å². The normalized spacial score (nSPS) is 18.4. The van der Waals surface area contributed by atoms with Crippen LogP contribution in [0.15, 0.2) is 41.6 Å². The minimum atomic E-state index is -3.49. The first-order chi connectivity index (χ1) is 10.8. The fraction of sp³-hybridized carbons (Fsp3) is 0.471. The van der Waals surface area contributed by atoms with Crippen molar-refractivity contribution in [2.45, 2.75) is 37.1 Å². The van der Waals surface area contributed by atoms with E-state index in [-0.39, 0.29) is 5.54 Å². The maximum absolute atomic E-state index is 13.0. The molecule has 0 unspecified atom stereocenters. The first-order valence-electron chi connectivity index (χ1n) is 7.92. The summed E-state index contributed by atoms with van der Waals surface area (Å²) in [5, 5.41) is 1.57. The van der Waals surface area contributed by atoms with Crippen LogP contribution in [0.1, 0.15) is 26.7 Å². The van der Waals surface area contributed by atoms with Crippen LogP contribution in [0.25, 0.3) is 10.8 Å². The van der Waals surface area contributed by atoms with Crippen molar-refractivity contribution in [2.75, 3.05) is 13.1 Å². The molecule has 1 saturated heterocycles. The highest BCUT2D eigenvalue weighted by molar-refractivity contribution is 7.89. The quantitative estimate of drug-likeness (QED) is 0.935. The SMILES string of the molecule is CC(C)(N)C1CCN(S(=O)(=O)c2cccc3cnccc23)CC1. The number of pyridine rings is 1. The average Bonchev–Trinajstić information content (AvgIpc) is 2.53. The van der Waals surface area contributed by atoms with Crippen molar-refractivity contribution in [3.8, 4) is 0 Å². The zero-order valence-electron chi connectivity index (χ0n) is 13.6. The predicted molar refractivity (Wildman–Crippen MR) is 91.5 cm³/mol. The molecular weight excluding hydrogens is 310 g/mol. The van der Waals surface area contributed by atoms with Crippen LogP contribution in [0.2, 0.25) is 0 Å². The first kappa shape index (κ1) is 16.4. The largest absolute Gasteiger partial charge is 0.325 e. The Morgan fingerprint density at radius 2 is 1.91 bits per heavy atom. The van der Waals surface area contributed by atoms with E-state index in [4.69, 9.17) is 5.73 Å². The third-order valence-corrected chi connectivity index (χ3v) is 6.72. The van der Waals surface area contributed by atoms with E-state index < -0.39 is 10.0 Å². The Balaban J connectivity index is 1.91. The van der Waals surface area contributed by atoms with Crippen molar-refractivity contribution < 1.29 is 8.42 Å². The van der Waals surface area contributed by atoms with Crippen molar-refractivity contribution >= 4 is 20.8 Å². The number of benzene rings is 1. The Labute approximate surface area is 137 Å². The number of rotatable bonds is 3. The summed E-state index contributed by atoms with van der Waals surface area (Å²) in [5.41, 5.74) is 5.91. The summed E-state index contributed by atoms with van der Waals surface area (Å²) in [5.74, 6) is 0.352. The fourth-order valence-electron chi connectivity index (χ4n) is 3.30. The molecule has 3 rings (SSSR count). The van der Waals surface area contributed by atoms with Gasteiger partial charge in [0, 0.05) is 41.8 Å². The Bertz CT molecular complexity index is 799. The highest BCUT2D eigenvalue weighted by atomic mass is 32.2. The van der Waals surface area contributed by atoms with Crippen LogP contribution in [0.4, 0.5) is 0 Å². The second-order valence-electron chi connectivity index (χ2n) is 6.85. The molecule has 2 N–H and O–H groups in total. The van der Waals surface area contributed by atoms with E-state index >= 15 is 0 Å². The monoisotopic (exact) mass is 333 g/mol. The zero-order valence-corrected chi connectivity index (χ0v) is 14.4. The standard InChI is InChI=1S/C17H23N3O2S/c1-17(2,18)14-7-10-20(11-8-14)23(21,22)16-5-3-4-13-12-19-9-6-15(13)16/h3-6,9,12,14H,7-8,10-11,18H2,1-2H3. The van der Waals surface area contributed by atoms with Gasteiger partial charge < -0.3 is 5.73 Å². The first-order valence-corrected chi connectivity index (χ1v) is 9.36. The highest BCUT2D eigenvalue weighted by Gasteiger charge is 2.34. The van der Waals surface area contributed by atoms with Crippen LogP contribution < -0.4 is 5.73 Å². The molecule has 1 aromatic heterocycles. The lowest BCUT2D eigenvalue weighted by Crippen LogP contribution is -2.48. The third-order valence-electron chi connectivity index (χ3n) is 4.76. The number of hydrogen-bond donors (Lipinski definition) is 1. The molecule has 0 spiro atoms. The van der Waals surface area contributed by atoms with E-state index in [1.54, 1.807) is 34.9 Å². The number of nitrogens with zero attached hydrogens (tertiary/aromatic N) is 2. The lowest BCUT2D eigenvalue weighted by molar-refractivity contribution is 0.201. The molecule has 1 aromatic carbocycles. The van der Waals surface area contributed by atoms with Crippen LogP contribution >= 0.6 is 0 Å². The van der Waals surface area contributed by atoms with Gasteiger partial charge in [0.2, 0.25) is 10.0 Å². The van der Waals surface area contributed by atoms with Crippen LogP contribution in [0.3, 0.4) is 0 Å². The van der Waals surface area contributed by atoms with Crippen molar-refractivity contribution in [3.05, 3.63) is 36.7 Å². The van der Waals surface area contributed by atoms with E-state index in [0.717, 1.165) is 23.6 Å². The van der Waals surface area contributed by atoms with Gasteiger partial charge in [0.1, 0.15) is 0 Å². The maximum Gasteiger partial charge on any atom is 0.243 e. The van der Waals surface area contributed by atoms with Crippen molar-refractivity contribution in [1.29, 1.82) is 0 Å². The minimum absolute atomic E-state index is 0.263. The molecule has 5 nitrogen and oxygen atoms in total. The van der Waals surface area contributed by atoms with Gasteiger partial charge in [0.15, 0.2) is 0 Å². The molecule has 124 valence electrons. The number of fused-ring (bicyclic) bond motifs is 1. The Morgan fingerprint density at radius 1 is 1.22 bits per heavy atom. The summed E-state index contributed by atoms with van der Waals surface area (Å²) < 4.78 is 27.7. The lowest BCUT2D eigenvalue weighted by atomic mass is 9.82. The summed E-state index contributed by atoms with van der Waals surface area (Å²) in [6.45, 7) is 5.07. The van der Waals surface area contributed by atoms with Crippen LogP contribution in [-0.2, 0) is 10.0 Å². The summed E-state index contributed by atoms with van der Waals surface area (Å²) in [6, 6.07) is 7.09. The Kier molecular flexibility index (Phi) is 4.16. The van der Waals surface area contributed by atoms with Gasteiger partial charge >= 0.3 is 0 Å². The molecule has 1 fully saturated rings. The molecule has 0 atom stereocenters. The topological polar surface area (TPSA) is 76.3 Å². The summed E-state index contributed by atoms with van der Waals surface area (Å²) in [6.07, 6.45) is 4.92. The van der Waals surface area contributed by atoms with E-state index in [1.165, 1.54) is 0 Å². The van der Waals surface area contributed by atoms with Crippen LogP contribution in [0.5, 0.6) is 0 Å². The lowest BCUT2D eigenvalue weighted by Gasteiger charge is -2.38. The number of aromatic nitrogens is 1. The smallest absolute Gasteiger partial charge is 0.243 e. The third kappa shape index (κ3) is 3.11.